The Morgan fingerprint density at radius 3 is 2.57 bits per heavy atom. The van der Waals surface area contributed by atoms with Crippen LogP contribution in [0.2, 0.25) is 0 Å². The van der Waals surface area contributed by atoms with Gasteiger partial charge in [-0.25, -0.2) is 4.98 Å². The number of ether oxygens (including phenoxy) is 2. The maximum absolute atomic E-state index is 13.8. The van der Waals surface area contributed by atoms with Crippen molar-refractivity contribution >= 4 is 0 Å². The molecular weight excluding hydrogens is 455 g/mol. The second kappa shape index (κ2) is 10.7. The molecule has 1 aliphatic rings. The smallest absolute Gasteiger partial charge is 0.417 e. The number of aliphatic hydroxyl groups is 1. The lowest BCUT2D eigenvalue weighted by molar-refractivity contribution is -0.137. The van der Waals surface area contributed by atoms with E-state index in [4.69, 9.17) is 9.47 Å². The monoisotopic (exact) mass is 487 g/mol. The number of alkyl halides is 3. The highest BCUT2D eigenvalue weighted by Gasteiger charge is 2.35. The normalized spacial score (nSPS) is 18.8. The van der Waals surface area contributed by atoms with Crippen LogP contribution in [0.3, 0.4) is 0 Å². The number of aromatic nitrogens is 1. The third-order valence-corrected chi connectivity index (χ3v) is 5.65. The molecule has 1 atom stereocenters. The molecule has 0 radical (unpaired) electrons. The summed E-state index contributed by atoms with van der Waals surface area (Å²) in [4.78, 5) is 4.02. The van der Waals surface area contributed by atoms with Crippen molar-refractivity contribution in [2.24, 2.45) is 5.92 Å². The van der Waals surface area contributed by atoms with E-state index in [0.717, 1.165) is 25.1 Å². The summed E-state index contributed by atoms with van der Waals surface area (Å²) < 4.78 is 52.6. The lowest BCUT2D eigenvalue weighted by Crippen LogP contribution is -2.28. The molecule has 188 valence electrons. The summed E-state index contributed by atoms with van der Waals surface area (Å²) in [6.45, 7) is 11.2. The van der Waals surface area contributed by atoms with Gasteiger partial charge in [0.25, 0.3) is 0 Å². The van der Waals surface area contributed by atoms with Gasteiger partial charge in [0.05, 0.1) is 11.2 Å². The summed E-state index contributed by atoms with van der Waals surface area (Å²) in [5.41, 5.74) is 1.47. The molecule has 0 aliphatic heterocycles. The minimum Gasteiger partial charge on any atom is -0.490 e. The van der Waals surface area contributed by atoms with Crippen LogP contribution in [0.5, 0.6) is 5.88 Å². The molecule has 1 fully saturated rings. The molecule has 1 aliphatic carbocycles. The van der Waals surface area contributed by atoms with Gasteiger partial charge in [0.1, 0.15) is 19.0 Å². The van der Waals surface area contributed by atoms with Crippen molar-refractivity contribution in [2.45, 2.75) is 58.9 Å². The van der Waals surface area contributed by atoms with E-state index >= 15 is 0 Å². The predicted molar refractivity (Wildman–Crippen MR) is 131 cm³/mol. The summed E-state index contributed by atoms with van der Waals surface area (Å²) in [5.74, 6) is 0.902. The Hall–Kier alpha value is -3.06. The number of hydrogen-bond acceptors (Lipinski definition) is 4. The van der Waals surface area contributed by atoms with Crippen molar-refractivity contribution in [2.75, 3.05) is 6.61 Å². The highest BCUT2D eigenvalue weighted by atomic mass is 19.4. The molecule has 3 rings (SSSR count). The Morgan fingerprint density at radius 1 is 1.20 bits per heavy atom. The van der Waals surface area contributed by atoms with E-state index in [1.54, 1.807) is 24.3 Å². The van der Waals surface area contributed by atoms with E-state index in [-0.39, 0.29) is 24.7 Å². The third kappa shape index (κ3) is 7.46. The van der Waals surface area contributed by atoms with E-state index in [9.17, 15) is 18.3 Å². The van der Waals surface area contributed by atoms with Gasteiger partial charge in [-0.3, -0.25) is 0 Å². The largest absolute Gasteiger partial charge is 0.490 e. The first-order chi connectivity index (χ1) is 16.4. The Bertz CT molecular complexity index is 1130. The highest BCUT2D eigenvalue weighted by Crippen LogP contribution is 2.39. The van der Waals surface area contributed by atoms with Crippen molar-refractivity contribution in [3.8, 4) is 17.0 Å². The van der Waals surface area contributed by atoms with E-state index < -0.39 is 17.3 Å². The number of rotatable bonds is 8. The second-order valence-electron chi connectivity index (χ2n) is 9.62. The number of halogens is 3. The Kier molecular flexibility index (Phi) is 8.11. The Labute approximate surface area is 204 Å². The van der Waals surface area contributed by atoms with Gasteiger partial charge in [0.15, 0.2) is 0 Å². The summed E-state index contributed by atoms with van der Waals surface area (Å²) in [6.07, 6.45) is 2.60. The number of benzene rings is 1. The molecule has 1 heterocycles. The van der Waals surface area contributed by atoms with Crippen LogP contribution in [0.25, 0.3) is 11.1 Å². The maximum atomic E-state index is 13.8. The summed E-state index contributed by atoms with van der Waals surface area (Å²) in [6, 6.07) is 7.59. The van der Waals surface area contributed by atoms with E-state index in [1.807, 2.05) is 13.0 Å². The maximum Gasteiger partial charge on any atom is 0.417 e. The van der Waals surface area contributed by atoms with Crippen molar-refractivity contribution in [1.29, 1.82) is 0 Å². The van der Waals surface area contributed by atoms with E-state index in [1.165, 1.54) is 25.0 Å². The van der Waals surface area contributed by atoms with Crippen LogP contribution in [0.4, 0.5) is 13.2 Å². The minimum atomic E-state index is -4.61. The molecule has 35 heavy (non-hydrogen) atoms. The zero-order valence-corrected chi connectivity index (χ0v) is 20.6. The molecule has 1 saturated carbocycles. The molecule has 1 aromatic heterocycles. The first kappa shape index (κ1) is 26.5. The first-order valence-electron chi connectivity index (χ1n) is 11.6. The van der Waals surface area contributed by atoms with Crippen LogP contribution in [-0.4, -0.2) is 22.3 Å². The average Bonchev–Trinajstić information content (AvgIpc) is 3.14. The van der Waals surface area contributed by atoms with Gasteiger partial charge in [-0.05, 0) is 73.9 Å². The molecule has 0 spiro atoms. The fourth-order valence-electron chi connectivity index (χ4n) is 4.01. The van der Waals surface area contributed by atoms with Crippen molar-refractivity contribution < 1.29 is 27.8 Å². The molecule has 0 bridgehead atoms. The van der Waals surface area contributed by atoms with Crippen LogP contribution in [0, 0.1) is 5.92 Å². The third-order valence-electron chi connectivity index (χ3n) is 5.65. The molecule has 4 nitrogen and oxygen atoms in total. The van der Waals surface area contributed by atoms with Gasteiger partial charge in [0, 0.05) is 17.8 Å². The molecule has 1 aromatic carbocycles. The van der Waals surface area contributed by atoms with Gasteiger partial charge in [-0.2, -0.15) is 13.2 Å². The molecule has 1 unspecified atom stereocenters. The summed E-state index contributed by atoms with van der Waals surface area (Å²) in [7, 11) is 0. The number of pyridine rings is 1. The lowest BCUT2D eigenvalue weighted by Gasteiger charge is -2.19. The molecule has 0 amide bonds. The zero-order chi connectivity index (χ0) is 25.8. The minimum absolute atomic E-state index is 0.0615. The number of allylic oxidation sites excluding steroid dienone is 4. The molecule has 7 heteroatoms. The van der Waals surface area contributed by atoms with E-state index in [2.05, 4.69) is 24.6 Å². The fraction of sp³-hybridized carbons (Fsp3) is 0.393. The topological polar surface area (TPSA) is 51.6 Å². The SMILES string of the molecule is C=C(/C=C1/CC(C)C/C1=C/C)OCc1cccc(-c2cnc(OCC(C)(C)O)cc2C(F)(F)F)c1. The van der Waals surface area contributed by atoms with Crippen LogP contribution in [0.15, 0.2) is 72.2 Å². The molecule has 0 saturated heterocycles. The highest BCUT2D eigenvalue weighted by molar-refractivity contribution is 5.68. The lowest BCUT2D eigenvalue weighted by atomic mass is 10.00. The molecule has 2 aromatic rings. The van der Waals surface area contributed by atoms with Crippen molar-refractivity contribution in [1.82, 2.24) is 4.98 Å². The summed E-state index contributed by atoms with van der Waals surface area (Å²) >= 11 is 0. The molecule has 1 N–H and O–H groups in total. The standard InChI is InChI=1S/C28H32F3NO3/c1-6-21-10-18(2)11-23(21)12-19(3)34-16-20-8-7-9-22(13-20)24-15-32-26(35-17-27(4,5)33)14-25(24)28(29,30)31/h6-9,12-15,18,33H,3,10-11,16-17H2,1-2,4-5H3/b21-6-,23-12-. The van der Waals surface area contributed by atoms with Crippen LogP contribution in [0.1, 0.15) is 51.7 Å². The number of nitrogens with zero attached hydrogens (tertiary/aromatic N) is 1. The first-order valence-corrected chi connectivity index (χ1v) is 11.6. The number of hydrogen-bond donors (Lipinski definition) is 1. The van der Waals surface area contributed by atoms with Gasteiger partial charge in [0.2, 0.25) is 5.88 Å². The van der Waals surface area contributed by atoms with Gasteiger partial charge in [-0.15, -0.1) is 0 Å². The average molecular weight is 488 g/mol. The van der Waals surface area contributed by atoms with Gasteiger partial charge >= 0.3 is 6.18 Å². The van der Waals surface area contributed by atoms with Crippen LogP contribution >= 0.6 is 0 Å². The van der Waals surface area contributed by atoms with Crippen molar-refractivity contribution in [3.05, 3.63) is 83.3 Å². The second-order valence-corrected chi connectivity index (χ2v) is 9.62. The van der Waals surface area contributed by atoms with E-state index in [0.29, 0.717) is 22.8 Å². The van der Waals surface area contributed by atoms with Crippen LogP contribution < -0.4 is 4.74 Å². The van der Waals surface area contributed by atoms with Gasteiger partial charge in [-0.1, -0.05) is 37.8 Å². The Morgan fingerprint density at radius 2 is 1.91 bits per heavy atom. The quantitative estimate of drug-likeness (QED) is 0.399. The fourth-order valence-corrected chi connectivity index (χ4v) is 4.01. The van der Waals surface area contributed by atoms with Crippen LogP contribution in [-0.2, 0) is 17.5 Å². The predicted octanol–water partition coefficient (Wildman–Crippen LogP) is 7.25. The zero-order valence-electron chi connectivity index (χ0n) is 20.6. The summed E-state index contributed by atoms with van der Waals surface area (Å²) in [5, 5.41) is 9.78. The Balaban J connectivity index is 1.78. The van der Waals surface area contributed by atoms with Crippen molar-refractivity contribution in [3.63, 3.8) is 0 Å². The molecular formula is C28H32F3NO3. The van der Waals surface area contributed by atoms with Gasteiger partial charge < -0.3 is 14.6 Å².